The number of benzene rings is 2. The Morgan fingerprint density at radius 3 is 2.39 bits per heavy atom. The number of carbonyl (C=O) groups excluding carboxylic acids is 1. The Labute approximate surface area is 172 Å². The van der Waals surface area contributed by atoms with Crippen molar-refractivity contribution in [2.75, 3.05) is 37.9 Å². The predicted octanol–water partition coefficient (Wildman–Crippen LogP) is 3.67. The van der Waals surface area contributed by atoms with Crippen LogP contribution in [0.25, 0.3) is 0 Å². The first-order valence-corrected chi connectivity index (χ1v) is 10.6. The molecule has 28 heavy (non-hydrogen) atoms. The highest BCUT2D eigenvalue weighted by atomic mass is 35.5. The summed E-state index contributed by atoms with van der Waals surface area (Å²) in [5.41, 5.74) is 3.65. The largest absolute Gasteiger partial charge is 0.374 e. The van der Waals surface area contributed by atoms with E-state index < -0.39 is 10.0 Å². The van der Waals surface area contributed by atoms with E-state index in [2.05, 4.69) is 23.5 Å². The Bertz CT molecular complexity index is 975. The third kappa shape index (κ3) is 5.25. The van der Waals surface area contributed by atoms with Crippen LogP contribution in [0.15, 0.2) is 41.3 Å². The molecule has 0 atom stereocenters. The van der Waals surface area contributed by atoms with Crippen LogP contribution in [0.2, 0.25) is 5.02 Å². The van der Waals surface area contributed by atoms with E-state index in [1.54, 1.807) is 0 Å². The van der Waals surface area contributed by atoms with E-state index in [1.165, 1.54) is 32.3 Å². The van der Waals surface area contributed by atoms with Gasteiger partial charge >= 0.3 is 0 Å². The molecule has 152 valence electrons. The first kappa shape index (κ1) is 22.2. The highest BCUT2D eigenvalue weighted by Gasteiger charge is 2.19. The summed E-state index contributed by atoms with van der Waals surface area (Å²) in [4.78, 5) is 14.5. The third-order valence-electron chi connectivity index (χ3n) is 4.44. The van der Waals surface area contributed by atoms with Gasteiger partial charge in [-0.1, -0.05) is 23.7 Å². The highest BCUT2D eigenvalue weighted by Crippen LogP contribution is 2.27. The van der Waals surface area contributed by atoms with Crippen LogP contribution in [0, 0.1) is 13.8 Å². The Balaban J connectivity index is 2.08. The minimum atomic E-state index is -3.61. The fraction of sp³-hybridized carbons (Fsp3) is 0.350. The molecule has 0 saturated carbocycles. The van der Waals surface area contributed by atoms with Gasteiger partial charge in [-0.25, -0.2) is 12.7 Å². The fourth-order valence-corrected chi connectivity index (χ4v) is 3.80. The van der Waals surface area contributed by atoms with Crippen molar-refractivity contribution in [1.29, 1.82) is 0 Å². The molecular formula is C20H26ClN3O3S. The van der Waals surface area contributed by atoms with Gasteiger partial charge in [-0.15, -0.1) is 0 Å². The standard InChI is InChI=1S/C20H26ClN3O3S/c1-14-6-7-15(2)19(12-14)24(5)11-10-20(25)22-18-13-16(8-9-17(18)21)28(26,27)23(3)4/h6-9,12-13H,10-11H2,1-5H3,(H,22,25). The quantitative estimate of drug-likeness (QED) is 0.737. The van der Waals surface area contributed by atoms with Crippen molar-refractivity contribution in [2.24, 2.45) is 0 Å². The molecular weight excluding hydrogens is 398 g/mol. The summed E-state index contributed by atoms with van der Waals surface area (Å²) in [6.45, 7) is 4.57. The number of hydrogen-bond acceptors (Lipinski definition) is 4. The number of nitrogens with zero attached hydrogens (tertiary/aromatic N) is 2. The van der Waals surface area contributed by atoms with Crippen molar-refractivity contribution in [3.05, 3.63) is 52.5 Å². The first-order chi connectivity index (χ1) is 13.0. The topological polar surface area (TPSA) is 69.7 Å². The van der Waals surface area contributed by atoms with Gasteiger partial charge in [0.15, 0.2) is 0 Å². The summed E-state index contributed by atoms with van der Waals surface area (Å²) in [5, 5.41) is 3.00. The molecule has 0 radical (unpaired) electrons. The number of amides is 1. The molecule has 0 aliphatic heterocycles. The zero-order valence-corrected chi connectivity index (χ0v) is 18.4. The van der Waals surface area contributed by atoms with Crippen molar-refractivity contribution in [3.63, 3.8) is 0 Å². The summed E-state index contributed by atoms with van der Waals surface area (Å²) in [7, 11) is 1.23. The second-order valence-corrected chi connectivity index (χ2v) is 9.50. The molecule has 0 bridgehead atoms. The van der Waals surface area contributed by atoms with Gasteiger partial charge in [-0.3, -0.25) is 4.79 Å². The molecule has 2 rings (SSSR count). The van der Waals surface area contributed by atoms with Gasteiger partial charge in [0.2, 0.25) is 15.9 Å². The van der Waals surface area contributed by atoms with Gasteiger partial charge in [-0.05, 0) is 49.2 Å². The second-order valence-electron chi connectivity index (χ2n) is 6.94. The first-order valence-electron chi connectivity index (χ1n) is 8.82. The summed E-state index contributed by atoms with van der Waals surface area (Å²) < 4.78 is 25.7. The van der Waals surface area contributed by atoms with E-state index in [1.807, 2.05) is 25.8 Å². The molecule has 1 N–H and O–H groups in total. The Morgan fingerprint density at radius 1 is 1.07 bits per heavy atom. The molecule has 0 saturated heterocycles. The van der Waals surface area contributed by atoms with E-state index in [9.17, 15) is 13.2 Å². The second kappa shape index (κ2) is 8.94. The molecule has 2 aromatic carbocycles. The minimum absolute atomic E-state index is 0.0738. The van der Waals surface area contributed by atoms with E-state index in [0.29, 0.717) is 6.54 Å². The zero-order chi connectivity index (χ0) is 21.1. The highest BCUT2D eigenvalue weighted by molar-refractivity contribution is 7.89. The number of aryl methyl sites for hydroxylation is 2. The predicted molar refractivity (Wildman–Crippen MR) is 115 cm³/mol. The monoisotopic (exact) mass is 423 g/mol. The Kier molecular flexibility index (Phi) is 7.09. The Hall–Kier alpha value is -2.09. The number of nitrogens with one attached hydrogen (secondary N) is 1. The van der Waals surface area contributed by atoms with Gasteiger partial charge in [0.25, 0.3) is 0 Å². The van der Waals surface area contributed by atoms with Crippen LogP contribution in [-0.2, 0) is 14.8 Å². The van der Waals surface area contributed by atoms with Gasteiger partial charge < -0.3 is 10.2 Å². The molecule has 1 amide bonds. The summed E-state index contributed by atoms with van der Waals surface area (Å²) >= 11 is 6.13. The normalized spacial score (nSPS) is 11.5. The van der Waals surface area contributed by atoms with Gasteiger partial charge in [-0.2, -0.15) is 0 Å². The van der Waals surface area contributed by atoms with E-state index in [4.69, 9.17) is 11.6 Å². The average molecular weight is 424 g/mol. The van der Waals surface area contributed by atoms with Gasteiger partial charge in [0.05, 0.1) is 15.6 Å². The Morgan fingerprint density at radius 2 is 1.75 bits per heavy atom. The number of carbonyl (C=O) groups is 1. The van der Waals surface area contributed by atoms with Crippen molar-refractivity contribution >= 4 is 38.9 Å². The van der Waals surface area contributed by atoms with Crippen molar-refractivity contribution in [3.8, 4) is 0 Å². The third-order valence-corrected chi connectivity index (χ3v) is 6.58. The molecule has 0 unspecified atom stereocenters. The number of rotatable bonds is 7. The minimum Gasteiger partial charge on any atom is -0.374 e. The lowest BCUT2D eigenvalue weighted by Crippen LogP contribution is -2.25. The molecule has 0 aliphatic carbocycles. The van der Waals surface area contributed by atoms with E-state index >= 15 is 0 Å². The number of halogens is 1. The lowest BCUT2D eigenvalue weighted by molar-refractivity contribution is -0.116. The van der Waals surface area contributed by atoms with Gasteiger partial charge in [0, 0.05) is 39.8 Å². The SMILES string of the molecule is Cc1ccc(C)c(N(C)CCC(=O)Nc2cc(S(=O)(=O)N(C)C)ccc2Cl)c1. The van der Waals surface area contributed by atoms with Crippen LogP contribution >= 0.6 is 11.6 Å². The smallest absolute Gasteiger partial charge is 0.242 e. The molecule has 0 aliphatic rings. The van der Waals surface area contributed by atoms with E-state index in [-0.39, 0.29) is 27.9 Å². The maximum atomic E-state index is 12.4. The van der Waals surface area contributed by atoms with Crippen LogP contribution in [0.4, 0.5) is 11.4 Å². The van der Waals surface area contributed by atoms with E-state index in [0.717, 1.165) is 21.1 Å². The van der Waals surface area contributed by atoms with Crippen LogP contribution in [0.1, 0.15) is 17.5 Å². The van der Waals surface area contributed by atoms with Crippen LogP contribution < -0.4 is 10.2 Å². The molecule has 6 nitrogen and oxygen atoms in total. The van der Waals surface area contributed by atoms with Crippen molar-refractivity contribution in [1.82, 2.24) is 4.31 Å². The van der Waals surface area contributed by atoms with Crippen LogP contribution in [0.5, 0.6) is 0 Å². The summed E-state index contributed by atoms with van der Waals surface area (Å²) in [6, 6.07) is 10.5. The van der Waals surface area contributed by atoms with Crippen molar-refractivity contribution in [2.45, 2.75) is 25.2 Å². The number of anilines is 2. The average Bonchev–Trinajstić information content (AvgIpc) is 2.63. The van der Waals surface area contributed by atoms with Crippen LogP contribution in [-0.4, -0.2) is 46.3 Å². The maximum absolute atomic E-state index is 12.4. The van der Waals surface area contributed by atoms with Crippen LogP contribution in [0.3, 0.4) is 0 Å². The lowest BCUT2D eigenvalue weighted by atomic mass is 10.1. The molecule has 2 aromatic rings. The lowest BCUT2D eigenvalue weighted by Gasteiger charge is -2.22. The molecule has 0 spiro atoms. The van der Waals surface area contributed by atoms with Gasteiger partial charge in [0.1, 0.15) is 0 Å². The van der Waals surface area contributed by atoms with Crippen molar-refractivity contribution < 1.29 is 13.2 Å². The molecule has 8 heteroatoms. The molecule has 0 fully saturated rings. The molecule has 0 heterocycles. The number of sulfonamides is 1. The maximum Gasteiger partial charge on any atom is 0.242 e. The number of hydrogen-bond donors (Lipinski definition) is 1. The zero-order valence-electron chi connectivity index (χ0n) is 16.8. The fourth-order valence-electron chi connectivity index (χ4n) is 2.70. The summed E-state index contributed by atoms with van der Waals surface area (Å²) in [6.07, 6.45) is 0.241. The molecule has 0 aromatic heterocycles. The summed E-state index contributed by atoms with van der Waals surface area (Å²) in [5.74, 6) is -0.238.